The van der Waals surface area contributed by atoms with Crippen LogP contribution in [0.3, 0.4) is 0 Å². The van der Waals surface area contributed by atoms with Crippen LogP contribution in [0.4, 0.5) is 0 Å². The smallest absolute Gasteiger partial charge is 0.236 e. The Morgan fingerprint density at radius 2 is 1.75 bits per heavy atom. The first-order valence-electron chi connectivity index (χ1n) is 7.36. The maximum Gasteiger partial charge on any atom is 0.236 e. The SMILES string of the molecule is COc1cc(/C=N\NC(C)=O)cc(OC)c1OCc1ccccc1. The van der Waals surface area contributed by atoms with Crippen LogP contribution in [0, 0.1) is 0 Å². The van der Waals surface area contributed by atoms with Gasteiger partial charge in [-0.3, -0.25) is 4.79 Å². The standard InChI is InChI=1S/C18H20N2O4/c1-13(21)20-19-11-15-9-16(22-2)18(17(10-15)23-3)24-12-14-7-5-4-6-8-14/h4-11H,12H2,1-3H3,(H,20,21)/b19-11-. The fourth-order valence-electron chi connectivity index (χ4n) is 2.04. The van der Waals surface area contributed by atoms with Crippen molar-refractivity contribution >= 4 is 12.1 Å². The summed E-state index contributed by atoms with van der Waals surface area (Å²) in [5, 5.41) is 3.84. The molecule has 24 heavy (non-hydrogen) atoms. The molecule has 0 aliphatic heterocycles. The minimum absolute atomic E-state index is 0.243. The Kier molecular flexibility index (Phi) is 6.19. The number of carbonyl (C=O) groups excluding carboxylic acids is 1. The number of hydrogen-bond acceptors (Lipinski definition) is 5. The maximum absolute atomic E-state index is 10.9. The van der Waals surface area contributed by atoms with Crippen molar-refractivity contribution in [1.29, 1.82) is 0 Å². The molecule has 1 amide bonds. The van der Waals surface area contributed by atoms with Gasteiger partial charge in [-0.1, -0.05) is 30.3 Å². The van der Waals surface area contributed by atoms with Gasteiger partial charge in [-0.2, -0.15) is 5.10 Å². The van der Waals surface area contributed by atoms with E-state index in [4.69, 9.17) is 14.2 Å². The molecule has 0 saturated carbocycles. The van der Waals surface area contributed by atoms with Crippen LogP contribution in [0.15, 0.2) is 47.6 Å². The summed E-state index contributed by atoms with van der Waals surface area (Å²) in [7, 11) is 3.11. The normalized spacial score (nSPS) is 10.5. The van der Waals surface area contributed by atoms with Crippen LogP contribution in [0.25, 0.3) is 0 Å². The second-order valence-electron chi connectivity index (χ2n) is 4.96. The topological polar surface area (TPSA) is 69.2 Å². The zero-order valence-corrected chi connectivity index (χ0v) is 13.9. The van der Waals surface area contributed by atoms with Gasteiger partial charge in [0.1, 0.15) is 6.61 Å². The van der Waals surface area contributed by atoms with Crippen LogP contribution in [0.1, 0.15) is 18.1 Å². The summed E-state index contributed by atoms with van der Waals surface area (Å²) in [5.41, 5.74) is 4.10. The number of ether oxygens (including phenoxy) is 3. The fraction of sp³-hybridized carbons (Fsp3) is 0.222. The molecule has 6 heteroatoms. The number of hydrazone groups is 1. The third kappa shape index (κ3) is 4.74. The Morgan fingerprint density at radius 3 is 2.29 bits per heavy atom. The molecule has 1 N–H and O–H groups in total. The van der Waals surface area contributed by atoms with Gasteiger partial charge in [0.15, 0.2) is 11.5 Å². The number of rotatable bonds is 7. The van der Waals surface area contributed by atoms with Crippen LogP contribution in [-0.2, 0) is 11.4 Å². The summed E-state index contributed by atoms with van der Waals surface area (Å²) in [4.78, 5) is 10.9. The number of hydrogen-bond donors (Lipinski definition) is 1. The first-order valence-corrected chi connectivity index (χ1v) is 7.36. The molecular formula is C18H20N2O4. The van der Waals surface area contributed by atoms with Crippen molar-refractivity contribution in [2.45, 2.75) is 13.5 Å². The molecule has 2 aromatic rings. The van der Waals surface area contributed by atoms with Gasteiger partial charge in [-0.25, -0.2) is 5.43 Å². The van der Waals surface area contributed by atoms with E-state index < -0.39 is 0 Å². The lowest BCUT2D eigenvalue weighted by Crippen LogP contribution is -2.12. The lowest BCUT2D eigenvalue weighted by molar-refractivity contribution is -0.118. The highest BCUT2D eigenvalue weighted by Crippen LogP contribution is 2.38. The van der Waals surface area contributed by atoms with Crippen LogP contribution < -0.4 is 19.6 Å². The number of amides is 1. The van der Waals surface area contributed by atoms with E-state index in [1.165, 1.54) is 13.1 Å². The van der Waals surface area contributed by atoms with Crippen LogP contribution in [0.5, 0.6) is 17.2 Å². The van der Waals surface area contributed by atoms with E-state index in [9.17, 15) is 4.79 Å². The molecule has 6 nitrogen and oxygen atoms in total. The Labute approximate surface area is 141 Å². The molecule has 0 aromatic heterocycles. The molecule has 0 atom stereocenters. The summed E-state index contributed by atoms with van der Waals surface area (Å²) in [5.74, 6) is 1.32. The second-order valence-corrected chi connectivity index (χ2v) is 4.96. The molecular weight excluding hydrogens is 308 g/mol. The highest BCUT2D eigenvalue weighted by Gasteiger charge is 2.14. The number of benzene rings is 2. The van der Waals surface area contributed by atoms with E-state index in [-0.39, 0.29) is 5.91 Å². The van der Waals surface area contributed by atoms with E-state index >= 15 is 0 Å². The minimum atomic E-state index is -0.243. The van der Waals surface area contributed by atoms with E-state index in [1.54, 1.807) is 26.4 Å². The summed E-state index contributed by atoms with van der Waals surface area (Å²) >= 11 is 0. The molecule has 0 spiro atoms. The third-order valence-corrected chi connectivity index (χ3v) is 3.14. The summed E-state index contributed by atoms with van der Waals surface area (Å²) in [6.07, 6.45) is 1.51. The third-order valence-electron chi connectivity index (χ3n) is 3.14. The van der Waals surface area contributed by atoms with Crippen molar-refractivity contribution in [2.24, 2.45) is 5.10 Å². The highest BCUT2D eigenvalue weighted by atomic mass is 16.5. The van der Waals surface area contributed by atoms with E-state index in [0.29, 0.717) is 29.4 Å². The molecule has 0 saturated heterocycles. The second kappa shape index (κ2) is 8.57. The monoisotopic (exact) mass is 328 g/mol. The van der Waals surface area contributed by atoms with Gasteiger partial charge in [0.25, 0.3) is 0 Å². The lowest BCUT2D eigenvalue weighted by atomic mass is 10.2. The lowest BCUT2D eigenvalue weighted by Gasteiger charge is -2.15. The Morgan fingerprint density at radius 1 is 1.12 bits per heavy atom. The highest BCUT2D eigenvalue weighted by molar-refractivity contribution is 5.83. The van der Waals surface area contributed by atoms with Crippen LogP contribution in [-0.4, -0.2) is 26.3 Å². The molecule has 0 radical (unpaired) electrons. The maximum atomic E-state index is 10.9. The average molecular weight is 328 g/mol. The van der Waals surface area contributed by atoms with Crippen molar-refractivity contribution in [3.8, 4) is 17.2 Å². The molecule has 0 aliphatic rings. The molecule has 2 rings (SSSR count). The molecule has 0 aliphatic carbocycles. The van der Waals surface area contributed by atoms with Gasteiger partial charge in [0.05, 0.1) is 20.4 Å². The van der Waals surface area contributed by atoms with Crippen molar-refractivity contribution in [2.75, 3.05) is 14.2 Å². The quantitative estimate of drug-likeness (QED) is 0.627. The molecule has 0 fully saturated rings. The largest absolute Gasteiger partial charge is 0.493 e. The summed E-state index contributed by atoms with van der Waals surface area (Å²) in [6, 6.07) is 13.3. The van der Waals surface area contributed by atoms with Gasteiger partial charge in [0, 0.05) is 12.5 Å². The summed E-state index contributed by atoms with van der Waals surface area (Å²) in [6.45, 7) is 1.78. The van der Waals surface area contributed by atoms with Gasteiger partial charge in [-0.05, 0) is 17.7 Å². The average Bonchev–Trinajstić information content (AvgIpc) is 2.60. The number of methoxy groups -OCH3 is 2. The molecule has 0 unspecified atom stereocenters. The minimum Gasteiger partial charge on any atom is -0.493 e. The van der Waals surface area contributed by atoms with Gasteiger partial charge < -0.3 is 14.2 Å². The predicted molar refractivity (Wildman–Crippen MR) is 91.7 cm³/mol. The number of nitrogens with zero attached hydrogens (tertiary/aromatic N) is 1. The van der Waals surface area contributed by atoms with Crippen molar-refractivity contribution in [3.63, 3.8) is 0 Å². The number of nitrogens with one attached hydrogen (secondary N) is 1. The van der Waals surface area contributed by atoms with Gasteiger partial charge in [0.2, 0.25) is 11.7 Å². The zero-order valence-electron chi connectivity index (χ0n) is 13.9. The fourth-order valence-corrected chi connectivity index (χ4v) is 2.04. The van der Waals surface area contributed by atoms with Crippen LogP contribution >= 0.6 is 0 Å². The molecule has 2 aromatic carbocycles. The van der Waals surface area contributed by atoms with E-state index in [2.05, 4.69) is 10.5 Å². The van der Waals surface area contributed by atoms with Crippen molar-refractivity contribution < 1.29 is 19.0 Å². The van der Waals surface area contributed by atoms with Crippen molar-refractivity contribution in [1.82, 2.24) is 5.43 Å². The van der Waals surface area contributed by atoms with Crippen LogP contribution in [0.2, 0.25) is 0 Å². The predicted octanol–water partition coefficient (Wildman–Crippen LogP) is 2.75. The molecule has 126 valence electrons. The molecule has 0 heterocycles. The summed E-state index contributed by atoms with van der Waals surface area (Å²) < 4.78 is 16.7. The first kappa shape index (κ1) is 17.3. The molecule has 0 bridgehead atoms. The Hall–Kier alpha value is -3.02. The van der Waals surface area contributed by atoms with Gasteiger partial charge in [-0.15, -0.1) is 0 Å². The first-order chi connectivity index (χ1) is 11.6. The Balaban J connectivity index is 2.23. The number of carbonyl (C=O) groups is 1. The van der Waals surface area contributed by atoms with Crippen molar-refractivity contribution in [3.05, 3.63) is 53.6 Å². The Bertz CT molecular complexity index is 689. The van der Waals surface area contributed by atoms with E-state index in [0.717, 1.165) is 5.56 Å². The van der Waals surface area contributed by atoms with Gasteiger partial charge >= 0.3 is 0 Å². The zero-order chi connectivity index (χ0) is 17.4. The van der Waals surface area contributed by atoms with E-state index in [1.807, 2.05) is 30.3 Å².